The Bertz CT molecular complexity index is 1140. The van der Waals surface area contributed by atoms with Crippen molar-refractivity contribution < 1.29 is 29.0 Å². The molecule has 2 aromatic carbocycles. The molecule has 1 aliphatic rings. The fourth-order valence-corrected chi connectivity index (χ4v) is 3.49. The number of carbonyl (C=O) groups excluding carboxylic acids is 2. The molecule has 1 aromatic heterocycles. The van der Waals surface area contributed by atoms with Gasteiger partial charge in [0.15, 0.2) is 0 Å². The molecule has 9 heteroatoms. The molecule has 174 valence electrons. The van der Waals surface area contributed by atoms with Gasteiger partial charge in [0.2, 0.25) is 5.88 Å². The van der Waals surface area contributed by atoms with Gasteiger partial charge in [-0.25, -0.2) is 14.6 Å². The summed E-state index contributed by atoms with van der Waals surface area (Å²) in [6.07, 6.45) is 2.09. The fraction of sp³-hybridized carbons (Fsp3) is 0.200. The van der Waals surface area contributed by atoms with E-state index in [9.17, 15) is 14.4 Å². The number of carboxylic acid groups (broad SMARTS) is 1. The number of nitrogens with zero attached hydrogens (tertiary/aromatic N) is 2. The Morgan fingerprint density at radius 2 is 1.62 bits per heavy atom. The number of nitrogens with one attached hydrogen (secondary N) is 1. The van der Waals surface area contributed by atoms with E-state index in [0.29, 0.717) is 42.9 Å². The van der Waals surface area contributed by atoms with E-state index in [-0.39, 0.29) is 23.5 Å². The molecule has 9 nitrogen and oxygen atoms in total. The van der Waals surface area contributed by atoms with Crippen molar-refractivity contribution >= 4 is 23.7 Å². The molecule has 0 atom stereocenters. The second-order valence-corrected chi connectivity index (χ2v) is 7.71. The first kappa shape index (κ1) is 22.8. The Labute approximate surface area is 195 Å². The summed E-state index contributed by atoms with van der Waals surface area (Å²) in [4.78, 5) is 41.3. The number of amides is 2. The molecule has 2 amide bonds. The van der Waals surface area contributed by atoms with E-state index >= 15 is 0 Å². The van der Waals surface area contributed by atoms with Crippen LogP contribution in [0.4, 0.5) is 10.5 Å². The first-order valence-corrected chi connectivity index (χ1v) is 10.8. The zero-order valence-electron chi connectivity index (χ0n) is 18.2. The first-order valence-electron chi connectivity index (χ1n) is 10.8. The maximum Gasteiger partial charge on any atom is 0.416 e. The normalized spacial score (nSPS) is 13.7. The van der Waals surface area contributed by atoms with Gasteiger partial charge in [-0.3, -0.25) is 4.79 Å². The maximum absolute atomic E-state index is 12.5. The third-order valence-corrected chi connectivity index (χ3v) is 5.33. The number of likely N-dealkylation sites (tertiary alicyclic amines) is 1. The van der Waals surface area contributed by atoms with E-state index in [2.05, 4.69) is 10.3 Å². The lowest BCUT2D eigenvalue weighted by Gasteiger charge is -2.31. The number of aromatic nitrogens is 1. The molecular formula is C25H23N3O6. The van der Waals surface area contributed by atoms with E-state index < -0.39 is 12.1 Å². The molecule has 0 saturated carbocycles. The van der Waals surface area contributed by atoms with Crippen LogP contribution in [0.3, 0.4) is 0 Å². The van der Waals surface area contributed by atoms with Crippen molar-refractivity contribution in [3.8, 4) is 11.6 Å². The van der Waals surface area contributed by atoms with E-state index in [1.165, 1.54) is 24.4 Å². The molecule has 34 heavy (non-hydrogen) atoms. The summed E-state index contributed by atoms with van der Waals surface area (Å²) in [5.74, 6) is -0.510. The van der Waals surface area contributed by atoms with Gasteiger partial charge in [0.05, 0.1) is 17.4 Å². The van der Waals surface area contributed by atoms with Gasteiger partial charge in [-0.2, -0.15) is 0 Å². The number of rotatable bonds is 6. The van der Waals surface area contributed by atoms with Crippen LogP contribution in [-0.4, -0.2) is 52.2 Å². The number of carbonyl (C=O) groups is 3. The molecule has 0 aliphatic carbocycles. The SMILES string of the molecule is O=C(O)c1ccc(OC2CCN(C(=O)Oc3ccc(NC(=O)c4ccccc4)cn3)CC2)cc1. The maximum atomic E-state index is 12.5. The third kappa shape index (κ3) is 5.89. The second kappa shape index (κ2) is 10.5. The highest BCUT2D eigenvalue weighted by Crippen LogP contribution is 2.21. The van der Waals surface area contributed by atoms with Crippen molar-refractivity contribution in [2.45, 2.75) is 18.9 Å². The van der Waals surface area contributed by atoms with Crippen LogP contribution >= 0.6 is 0 Å². The number of aromatic carboxylic acids is 1. The number of carboxylic acids is 1. The number of ether oxygens (including phenoxy) is 2. The number of piperidine rings is 1. The molecule has 0 spiro atoms. The number of hydrogen-bond donors (Lipinski definition) is 2. The standard InChI is InChI=1S/C25H23N3O6/c29-23(17-4-2-1-3-5-17)27-19-8-11-22(26-16-19)34-25(32)28-14-12-21(13-15-28)33-20-9-6-18(7-10-20)24(30)31/h1-11,16,21H,12-15H2,(H,27,29)(H,30,31). The summed E-state index contributed by atoms with van der Waals surface area (Å²) in [6.45, 7) is 0.920. The molecular weight excluding hydrogens is 438 g/mol. The van der Waals surface area contributed by atoms with Crippen LogP contribution in [0, 0.1) is 0 Å². The molecule has 1 fully saturated rings. The zero-order valence-corrected chi connectivity index (χ0v) is 18.2. The van der Waals surface area contributed by atoms with Gasteiger partial charge in [-0.1, -0.05) is 18.2 Å². The summed E-state index contributed by atoms with van der Waals surface area (Å²) in [6, 6.07) is 18.2. The minimum absolute atomic E-state index is 0.0784. The summed E-state index contributed by atoms with van der Waals surface area (Å²) in [5, 5.41) is 11.7. The molecule has 2 heterocycles. The van der Waals surface area contributed by atoms with Crippen LogP contribution < -0.4 is 14.8 Å². The molecule has 4 rings (SSSR count). The third-order valence-electron chi connectivity index (χ3n) is 5.33. The Morgan fingerprint density at radius 1 is 0.912 bits per heavy atom. The van der Waals surface area contributed by atoms with Crippen molar-refractivity contribution in [3.05, 3.63) is 84.1 Å². The highest BCUT2D eigenvalue weighted by atomic mass is 16.6. The topological polar surface area (TPSA) is 118 Å². The average molecular weight is 461 g/mol. The lowest BCUT2D eigenvalue weighted by atomic mass is 10.1. The Balaban J connectivity index is 1.23. The van der Waals surface area contributed by atoms with Crippen molar-refractivity contribution in [1.82, 2.24) is 9.88 Å². The molecule has 0 bridgehead atoms. The van der Waals surface area contributed by atoms with Crippen molar-refractivity contribution in [3.63, 3.8) is 0 Å². The minimum atomic E-state index is -0.987. The summed E-state index contributed by atoms with van der Waals surface area (Å²) < 4.78 is 11.2. The van der Waals surface area contributed by atoms with Gasteiger partial charge in [0.1, 0.15) is 11.9 Å². The summed E-state index contributed by atoms with van der Waals surface area (Å²) >= 11 is 0. The van der Waals surface area contributed by atoms with Crippen LogP contribution in [0.25, 0.3) is 0 Å². The highest BCUT2D eigenvalue weighted by Gasteiger charge is 2.25. The van der Waals surface area contributed by atoms with E-state index in [1.807, 2.05) is 6.07 Å². The molecule has 2 N–H and O–H groups in total. The van der Waals surface area contributed by atoms with Crippen LogP contribution in [0.15, 0.2) is 72.9 Å². The minimum Gasteiger partial charge on any atom is -0.490 e. The summed E-state index contributed by atoms with van der Waals surface area (Å²) in [7, 11) is 0. The predicted molar refractivity (Wildman–Crippen MR) is 123 cm³/mol. The van der Waals surface area contributed by atoms with Crippen molar-refractivity contribution in [2.75, 3.05) is 18.4 Å². The highest BCUT2D eigenvalue weighted by molar-refractivity contribution is 6.04. The average Bonchev–Trinajstić information content (AvgIpc) is 2.86. The second-order valence-electron chi connectivity index (χ2n) is 7.71. The van der Waals surface area contributed by atoms with Gasteiger partial charge in [-0.15, -0.1) is 0 Å². The van der Waals surface area contributed by atoms with Gasteiger partial charge < -0.3 is 24.8 Å². The molecule has 1 aliphatic heterocycles. The molecule has 0 radical (unpaired) electrons. The fourth-order valence-electron chi connectivity index (χ4n) is 3.49. The quantitative estimate of drug-likeness (QED) is 0.568. The lowest BCUT2D eigenvalue weighted by Crippen LogP contribution is -2.43. The smallest absolute Gasteiger partial charge is 0.416 e. The first-order chi connectivity index (χ1) is 16.5. The number of benzene rings is 2. The summed E-state index contributed by atoms with van der Waals surface area (Å²) in [5.41, 5.74) is 1.22. The van der Waals surface area contributed by atoms with Crippen LogP contribution in [0.2, 0.25) is 0 Å². The predicted octanol–water partition coefficient (Wildman–Crippen LogP) is 4.07. The lowest BCUT2D eigenvalue weighted by molar-refractivity contribution is 0.0696. The van der Waals surface area contributed by atoms with Crippen LogP contribution in [0.1, 0.15) is 33.6 Å². The Kier molecular flexibility index (Phi) is 7.02. The van der Waals surface area contributed by atoms with E-state index in [4.69, 9.17) is 14.6 Å². The molecule has 3 aromatic rings. The monoisotopic (exact) mass is 461 g/mol. The van der Waals surface area contributed by atoms with Gasteiger partial charge in [0, 0.05) is 37.6 Å². The zero-order chi connectivity index (χ0) is 23.9. The number of hydrogen-bond acceptors (Lipinski definition) is 6. The molecule has 0 unspecified atom stereocenters. The van der Waals surface area contributed by atoms with Crippen molar-refractivity contribution in [1.29, 1.82) is 0 Å². The molecule has 1 saturated heterocycles. The Hall–Kier alpha value is -4.40. The van der Waals surface area contributed by atoms with Crippen LogP contribution in [0.5, 0.6) is 11.6 Å². The Morgan fingerprint density at radius 3 is 2.24 bits per heavy atom. The van der Waals surface area contributed by atoms with Crippen molar-refractivity contribution in [2.24, 2.45) is 0 Å². The largest absolute Gasteiger partial charge is 0.490 e. The van der Waals surface area contributed by atoms with Gasteiger partial charge >= 0.3 is 12.1 Å². The van der Waals surface area contributed by atoms with E-state index in [1.54, 1.807) is 47.4 Å². The van der Waals surface area contributed by atoms with Crippen LogP contribution in [-0.2, 0) is 0 Å². The number of pyridine rings is 1. The number of anilines is 1. The van der Waals surface area contributed by atoms with E-state index in [0.717, 1.165) is 0 Å². The van der Waals surface area contributed by atoms with Gasteiger partial charge in [0.25, 0.3) is 5.91 Å². The van der Waals surface area contributed by atoms with Gasteiger partial charge in [-0.05, 0) is 42.5 Å².